The van der Waals surface area contributed by atoms with Crippen molar-refractivity contribution in [3.63, 3.8) is 0 Å². The van der Waals surface area contributed by atoms with E-state index in [4.69, 9.17) is 44.3 Å². The number of hydrogen-bond donors (Lipinski definition) is 1. The summed E-state index contributed by atoms with van der Waals surface area (Å²) < 4.78 is 8.52. The van der Waals surface area contributed by atoms with E-state index in [2.05, 4.69) is 5.32 Å². The second kappa shape index (κ2) is 12.0. The fourth-order valence-electron chi connectivity index (χ4n) is 4.05. The van der Waals surface area contributed by atoms with E-state index in [1.54, 1.807) is 31.2 Å². The summed E-state index contributed by atoms with van der Waals surface area (Å²) >= 11 is 18.7. The van der Waals surface area contributed by atoms with Crippen LogP contribution >= 0.6 is 46.6 Å². The van der Waals surface area contributed by atoms with Crippen molar-refractivity contribution in [3.05, 3.63) is 82.6 Å². The molecule has 0 aromatic heterocycles. The predicted octanol–water partition coefficient (Wildman–Crippen LogP) is 4.17. The number of nitrogens with one attached hydrogen (secondary N) is 1. The Morgan fingerprint density at radius 1 is 1.08 bits per heavy atom. The van der Waals surface area contributed by atoms with Gasteiger partial charge in [0, 0.05) is 5.75 Å². The van der Waals surface area contributed by atoms with Gasteiger partial charge in [-0.05, 0) is 29.7 Å². The first-order chi connectivity index (χ1) is 18.1. The van der Waals surface area contributed by atoms with Crippen molar-refractivity contribution >= 4 is 70.3 Å². The quantitative estimate of drug-likeness (QED) is 0.263. The molecule has 0 spiro atoms. The van der Waals surface area contributed by atoms with Crippen LogP contribution in [0, 0.1) is 0 Å². The number of halogens is 3. The molecule has 1 N–H and O–H groups in total. The van der Waals surface area contributed by atoms with Crippen LogP contribution in [0.1, 0.15) is 28.4 Å². The molecule has 2 atom stereocenters. The predicted molar refractivity (Wildman–Crippen MR) is 145 cm³/mol. The molecule has 1 fully saturated rings. The lowest BCUT2D eigenvalue weighted by Crippen LogP contribution is -2.70. The summed E-state index contributed by atoms with van der Waals surface area (Å²) in [5, 5.41) is 2.21. The van der Waals surface area contributed by atoms with Crippen LogP contribution in [0.3, 0.4) is 0 Å². The lowest BCUT2D eigenvalue weighted by molar-refractivity contribution is -0.154. The number of rotatable bonds is 9. The standard InChI is InChI=1S/C26H23Cl3N2O6S/c1-15-13-38-23-20(22(33)31(23)21(15)25(35)37-26(28,29)14-27)30-19(32)11-17-9-5-6-10-18(17)24(34)36-12-16-7-3-2-4-8-16/h2-10,20,23H,11-14H2,1H3,(H,30,32)/t20?,23-/m1/s1. The van der Waals surface area contributed by atoms with E-state index in [-0.39, 0.29) is 30.2 Å². The molecular weight excluding hydrogens is 575 g/mol. The summed E-state index contributed by atoms with van der Waals surface area (Å²) in [7, 11) is 0. The lowest BCUT2D eigenvalue weighted by Gasteiger charge is -2.49. The maximum Gasteiger partial charge on any atom is 0.357 e. The number of benzene rings is 2. The van der Waals surface area contributed by atoms with Gasteiger partial charge in [0.05, 0.1) is 17.9 Å². The molecule has 12 heteroatoms. The highest BCUT2D eigenvalue weighted by atomic mass is 35.5. The third-order valence-corrected chi connectivity index (χ3v) is 8.36. The zero-order valence-corrected chi connectivity index (χ0v) is 23.2. The van der Waals surface area contributed by atoms with E-state index in [0.29, 0.717) is 16.9 Å². The van der Waals surface area contributed by atoms with Crippen LogP contribution in [-0.2, 0) is 36.9 Å². The normalized spacial score (nSPS) is 18.8. The Kier molecular flexibility index (Phi) is 8.92. The van der Waals surface area contributed by atoms with E-state index >= 15 is 0 Å². The number of carbonyl (C=O) groups excluding carboxylic acids is 4. The van der Waals surface area contributed by atoms with E-state index in [9.17, 15) is 19.2 Å². The van der Waals surface area contributed by atoms with Crippen molar-refractivity contribution in [2.24, 2.45) is 0 Å². The van der Waals surface area contributed by atoms with Crippen LogP contribution in [0.15, 0.2) is 65.9 Å². The van der Waals surface area contributed by atoms with E-state index < -0.39 is 39.7 Å². The summed E-state index contributed by atoms with van der Waals surface area (Å²) in [4.78, 5) is 52.5. The maximum atomic E-state index is 13.0. The number of carbonyl (C=O) groups is 4. The van der Waals surface area contributed by atoms with Gasteiger partial charge < -0.3 is 14.8 Å². The van der Waals surface area contributed by atoms with Gasteiger partial charge in [-0.3, -0.25) is 14.5 Å². The van der Waals surface area contributed by atoms with Gasteiger partial charge in [0.15, 0.2) is 0 Å². The first-order valence-corrected chi connectivity index (χ1v) is 13.8. The number of amides is 2. The molecular formula is C26H23Cl3N2O6S. The summed E-state index contributed by atoms with van der Waals surface area (Å²) in [5.74, 6) is -2.29. The zero-order valence-electron chi connectivity index (χ0n) is 20.1. The highest BCUT2D eigenvalue weighted by molar-refractivity contribution is 8.00. The Labute approximate surface area is 238 Å². The molecule has 1 unspecified atom stereocenters. The largest absolute Gasteiger partial charge is 0.457 e. The molecule has 2 aromatic rings. The SMILES string of the molecule is CC1=C(C(=O)OC(Cl)(Cl)CCl)N2C(=O)C(NC(=O)Cc3ccccc3C(=O)OCc3ccccc3)[C@H]2SC1. The van der Waals surface area contributed by atoms with Crippen LogP contribution in [0.4, 0.5) is 0 Å². The molecule has 2 heterocycles. The van der Waals surface area contributed by atoms with Crippen molar-refractivity contribution in [1.29, 1.82) is 0 Å². The van der Waals surface area contributed by atoms with Crippen LogP contribution < -0.4 is 5.32 Å². The van der Waals surface area contributed by atoms with Crippen LogP contribution in [0.5, 0.6) is 0 Å². The summed E-state index contributed by atoms with van der Waals surface area (Å²) in [6.07, 6.45) is -0.141. The van der Waals surface area contributed by atoms with Gasteiger partial charge in [-0.2, -0.15) is 0 Å². The summed E-state index contributed by atoms with van der Waals surface area (Å²) in [5.41, 5.74) is 2.21. The number of fused-ring (bicyclic) bond motifs is 1. The van der Waals surface area contributed by atoms with Crippen molar-refractivity contribution in [2.45, 2.75) is 35.9 Å². The number of esters is 2. The number of alkyl halides is 3. The van der Waals surface area contributed by atoms with E-state index in [1.807, 2.05) is 30.3 Å². The molecule has 2 aromatic carbocycles. The van der Waals surface area contributed by atoms with Gasteiger partial charge in [0.2, 0.25) is 5.91 Å². The van der Waals surface area contributed by atoms with Crippen molar-refractivity contribution in [2.75, 3.05) is 11.6 Å². The van der Waals surface area contributed by atoms with Gasteiger partial charge in [0.1, 0.15) is 23.7 Å². The molecule has 1 saturated heterocycles. The Morgan fingerprint density at radius 2 is 1.76 bits per heavy atom. The monoisotopic (exact) mass is 596 g/mol. The molecule has 8 nitrogen and oxygen atoms in total. The van der Waals surface area contributed by atoms with Gasteiger partial charge in [-0.1, -0.05) is 71.7 Å². The Hall–Kier alpha value is -2.72. The molecule has 2 aliphatic rings. The molecule has 38 heavy (non-hydrogen) atoms. The topological polar surface area (TPSA) is 102 Å². The van der Waals surface area contributed by atoms with E-state index in [0.717, 1.165) is 5.56 Å². The number of thioether (sulfide) groups is 1. The average Bonchev–Trinajstić information content (AvgIpc) is 2.90. The van der Waals surface area contributed by atoms with Crippen LogP contribution in [0.2, 0.25) is 0 Å². The average molecular weight is 598 g/mol. The first-order valence-electron chi connectivity index (χ1n) is 11.5. The fraction of sp³-hybridized carbons (Fsp3) is 0.308. The van der Waals surface area contributed by atoms with Crippen molar-refractivity contribution < 1.29 is 28.7 Å². The minimum Gasteiger partial charge on any atom is -0.457 e. The smallest absolute Gasteiger partial charge is 0.357 e. The van der Waals surface area contributed by atoms with Gasteiger partial charge in [-0.15, -0.1) is 23.4 Å². The number of ether oxygens (including phenoxy) is 2. The Bertz CT molecular complexity index is 1290. The summed E-state index contributed by atoms with van der Waals surface area (Å²) in [6.45, 7) is 1.79. The maximum absolute atomic E-state index is 13.0. The molecule has 2 amide bonds. The van der Waals surface area contributed by atoms with Gasteiger partial charge in [-0.25, -0.2) is 9.59 Å². The minimum atomic E-state index is -1.94. The lowest BCUT2D eigenvalue weighted by atomic mass is 10.0. The second-order valence-corrected chi connectivity index (χ2v) is 11.4. The fourth-order valence-corrected chi connectivity index (χ4v) is 5.53. The second-order valence-electron chi connectivity index (χ2n) is 8.64. The Balaban J connectivity index is 1.39. The molecule has 2 aliphatic heterocycles. The number of β-lactam (4-membered cyclic amide) rings is 1. The molecule has 200 valence electrons. The number of hydrogen-bond acceptors (Lipinski definition) is 7. The molecule has 0 saturated carbocycles. The zero-order chi connectivity index (χ0) is 27.4. The van der Waals surface area contributed by atoms with Gasteiger partial charge in [0.25, 0.3) is 10.4 Å². The highest BCUT2D eigenvalue weighted by Crippen LogP contribution is 2.41. The third-order valence-electron chi connectivity index (χ3n) is 5.87. The van der Waals surface area contributed by atoms with Crippen LogP contribution in [-0.4, -0.2) is 56.2 Å². The molecule has 0 aliphatic carbocycles. The number of nitrogens with zero attached hydrogens (tertiary/aromatic N) is 1. The molecule has 4 rings (SSSR count). The molecule has 0 radical (unpaired) electrons. The van der Waals surface area contributed by atoms with E-state index in [1.165, 1.54) is 16.7 Å². The first kappa shape index (κ1) is 28.3. The van der Waals surface area contributed by atoms with Crippen LogP contribution in [0.25, 0.3) is 0 Å². The van der Waals surface area contributed by atoms with Gasteiger partial charge >= 0.3 is 11.9 Å². The highest BCUT2D eigenvalue weighted by Gasteiger charge is 2.54. The molecule has 0 bridgehead atoms. The minimum absolute atomic E-state index is 0.0338. The van der Waals surface area contributed by atoms with Crippen molar-refractivity contribution in [1.82, 2.24) is 10.2 Å². The van der Waals surface area contributed by atoms with Crippen molar-refractivity contribution in [3.8, 4) is 0 Å². The summed E-state index contributed by atoms with van der Waals surface area (Å²) in [6, 6.07) is 15.0. The Morgan fingerprint density at radius 3 is 2.47 bits per heavy atom. The third kappa shape index (κ3) is 6.29.